The highest BCUT2D eigenvalue weighted by molar-refractivity contribution is 5.71. The maximum absolute atomic E-state index is 12.6. The van der Waals surface area contributed by atoms with Crippen LogP contribution in [-0.4, -0.2) is 0 Å². The first-order chi connectivity index (χ1) is 8.91. The van der Waals surface area contributed by atoms with Crippen LogP contribution in [0.3, 0.4) is 0 Å². The molecule has 0 aromatic heterocycles. The minimum absolute atomic E-state index is 0.248. The molecular weight excluding hydrogens is 253 g/mol. The normalized spacial score (nSPS) is 11.1. The SMILES string of the molecule is N#Cc1ccc(-c2cccc(C(F)(F)F)c2)cc1N. The molecule has 2 aromatic carbocycles. The van der Waals surface area contributed by atoms with Crippen molar-refractivity contribution in [2.45, 2.75) is 6.18 Å². The van der Waals surface area contributed by atoms with Crippen LogP contribution in [0.2, 0.25) is 0 Å². The van der Waals surface area contributed by atoms with Crippen molar-refractivity contribution in [1.29, 1.82) is 5.26 Å². The van der Waals surface area contributed by atoms with Gasteiger partial charge in [-0.25, -0.2) is 0 Å². The predicted molar refractivity (Wildman–Crippen MR) is 66.0 cm³/mol. The van der Waals surface area contributed by atoms with E-state index in [2.05, 4.69) is 0 Å². The highest BCUT2D eigenvalue weighted by Gasteiger charge is 2.30. The average molecular weight is 262 g/mol. The van der Waals surface area contributed by atoms with Crippen LogP contribution in [0.5, 0.6) is 0 Å². The summed E-state index contributed by atoms with van der Waals surface area (Å²) in [5.41, 5.74) is 6.44. The van der Waals surface area contributed by atoms with Crippen LogP contribution in [0, 0.1) is 11.3 Å². The third kappa shape index (κ3) is 2.68. The Hall–Kier alpha value is -2.48. The molecule has 0 atom stereocenters. The monoisotopic (exact) mass is 262 g/mol. The molecule has 2 nitrogen and oxygen atoms in total. The van der Waals surface area contributed by atoms with Crippen LogP contribution in [0.4, 0.5) is 18.9 Å². The van der Waals surface area contributed by atoms with Crippen molar-refractivity contribution in [3.63, 3.8) is 0 Å². The van der Waals surface area contributed by atoms with E-state index >= 15 is 0 Å². The number of nitrogen functional groups attached to an aromatic ring is 1. The largest absolute Gasteiger partial charge is 0.416 e. The van der Waals surface area contributed by atoms with E-state index in [1.165, 1.54) is 18.2 Å². The summed E-state index contributed by atoms with van der Waals surface area (Å²) in [7, 11) is 0. The topological polar surface area (TPSA) is 49.8 Å². The van der Waals surface area contributed by atoms with E-state index in [-0.39, 0.29) is 5.69 Å². The van der Waals surface area contributed by atoms with Gasteiger partial charge >= 0.3 is 6.18 Å². The molecule has 0 unspecified atom stereocenters. The molecule has 0 amide bonds. The van der Waals surface area contributed by atoms with Gasteiger partial charge in [0.25, 0.3) is 0 Å². The molecule has 19 heavy (non-hydrogen) atoms. The van der Waals surface area contributed by atoms with Crippen molar-refractivity contribution >= 4 is 5.69 Å². The molecular formula is C14H9F3N2. The van der Waals surface area contributed by atoms with Gasteiger partial charge < -0.3 is 5.73 Å². The Kier molecular flexibility index (Phi) is 3.17. The van der Waals surface area contributed by atoms with Crippen LogP contribution in [0.25, 0.3) is 11.1 Å². The van der Waals surface area contributed by atoms with Crippen molar-refractivity contribution in [2.24, 2.45) is 0 Å². The third-order valence-corrected chi connectivity index (χ3v) is 2.70. The van der Waals surface area contributed by atoms with E-state index in [1.807, 2.05) is 6.07 Å². The molecule has 0 aliphatic carbocycles. The van der Waals surface area contributed by atoms with Gasteiger partial charge in [-0.15, -0.1) is 0 Å². The standard InChI is InChI=1S/C14H9F3N2/c15-14(16,17)12-3-1-2-9(6-12)10-4-5-11(8-18)13(19)7-10/h1-7H,19H2. The molecule has 0 heterocycles. The zero-order valence-electron chi connectivity index (χ0n) is 9.70. The lowest BCUT2D eigenvalue weighted by atomic mass is 10.0. The molecule has 0 aliphatic rings. The Balaban J connectivity index is 2.48. The summed E-state index contributed by atoms with van der Waals surface area (Å²) in [4.78, 5) is 0. The first-order valence-electron chi connectivity index (χ1n) is 5.39. The van der Waals surface area contributed by atoms with E-state index in [0.29, 0.717) is 16.7 Å². The molecule has 96 valence electrons. The summed E-state index contributed by atoms with van der Waals surface area (Å²) in [6.45, 7) is 0. The number of rotatable bonds is 1. The second-order valence-corrected chi connectivity index (χ2v) is 3.99. The van der Waals surface area contributed by atoms with Gasteiger partial charge in [0, 0.05) is 0 Å². The van der Waals surface area contributed by atoms with Crippen molar-refractivity contribution in [3.8, 4) is 17.2 Å². The van der Waals surface area contributed by atoms with Crippen molar-refractivity contribution in [1.82, 2.24) is 0 Å². The minimum atomic E-state index is -4.38. The van der Waals surface area contributed by atoms with Gasteiger partial charge in [-0.3, -0.25) is 0 Å². The van der Waals surface area contributed by atoms with Crippen molar-refractivity contribution in [2.75, 3.05) is 5.73 Å². The summed E-state index contributed by atoms with van der Waals surface area (Å²) in [5, 5.41) is 8.75. The molecule has 2 N–H and O–H groups in total. The molecule has 0 saturated carbocycles. The zero-order valence-corrected chi connectivity index (χ0v) is 9.70. The fourth-order valence-electron chi connectivity index (χ4n) is 1.72. The Morgan fingerprint density at radius 3 is 2.26 bits per heavy atom. The van der Waals surface area contributed by atoms with E-state index in [1.54, 1.807) is 12.1 Å². The number of benzene rings is 2. The molecule has 0 aliphatic heterocycles. The van der Waals surface area contributed by atoms with Crippen LogP contribution >= 0.6 is 0 Å². The number of anilines is 1. The number of nitrogens with two attached hydrogens (primary N) is 1. The smallest absolute Gasteiger partial charge is 0.398 e. The highest BCUT2D eigenvalue weighted by Crippen LogP contribution is 2.32. The van der Waals surface area contributed by atoms with E-state index in [4.69, 9.17) is 11.0 Å². The summed E-state index contributed by atoms with van der Waals surface area (Å²) in [6, 6.07) is 11.4. The Labute approximate surface area is 107 Å². The number of nitriles is 1. The molecule has 0 radical (unpaired) electrons. The molecule has 0 spiro atoms. The van der Waals surface area contributed by atoms with Gasteiger partial charge in [-0.05, 0) is 35.4 Å². The molecule has 2 aromatic rings. The fraction of sp³-hybridized carbons (Fsp3) is 0.0714. The van der Waals surface area contributed by atoms with E-state index in [9.17, 15) is 13.2 Å². The van der Waals surface area contributed by atoms with Crippen molar-refractivity contribution in [3.05, 3.63) is 53.6 Å². The first-order valence-corrected chi connectivity index (χ1v) is 5.39. The average Bonchev–Trinajstić information content (AvgIpc) is 2.38. The van der Waals surface area contributed by atoms with Crippen LogP contribution < -0.4 is 5.73 Å². The number of nitrogens with zero attached hydrogens (tertiary/aromatic N) is 1. The second-order valence-electron chi connectivity index (χ2n) is 3.99. The highest BCUT2D eigenvalue weighted by atomic mass is 19.4. The van der Waals surface area contributed by atoms with Crippen LogP contribution in [0.1, 0.15) is 11.1 Å². The molecule has 2 rings (SSSR count). The lowest BCUT2D eigenvalue weighted by Gasteiger charge is -2.09. The Morgan fingerprint density at radius 2 is 1.68 bits per heavy atom. The summed E-state index contributed by atoms with van der Waals surface area (Å²) >= 11 is 0. The van der Waals surface area contributed by atoms with Crippen LogP contribution in [0.15, 0.2) is 42.5 Å². The maximum Gasteiger partial charge on any atom is 0.416 e. The lowest BCUT2D eigenvalue weighted by molar-refractivity contribution is -0.137. The van der Waals surface area contributed by atoms with Gasteiger partial charge in [-0.1, -0.05) is 18.2 Å². The zero-order chi connectivity index (χ0) is 14.0. The van der Waals surface area contributed by atoms with Gasteiger partial charge in [0.2, 0.25) is 0 Å². The summed E-state index contributed by atoms with van der Waals surface area (Å²) in [6.07, 6.45) is -4.38. The lowest BCUT2D eigenvalue weighted by Crippen LogP contribution is -2.04. The number of hydrogen-bond acceptors (Lipinski definition) is 2. The van der Waals surface area contributed by atoms with Gasteiger partial charge in [0.05, 0.1) is 16.8 Å². The van der Waals surface area contributed by atoms with Gasteiger partial charge in [-0.2, -0.15) is 18.4 Å². The van der Waals surface area contributed by atoms with E-state index in [0.717, 1.165) is 12.1 Å². The number of alkyl halides is 3. The first kappa shape index (κ1) is 13.0. The third-order valence-electron chi connectivity index (χ3n) is 2.70. The number of halogens is 3. The Morgan fingerprint density at radius 1 is 1.00 bits per heavy atom. The molecule has 0 bridgehead atoms. The minimum Gasteiger partial charge on any atom is -0.398 e. The second kappa shape index (κ2) is 4.65. The predicted octanol–water partition coefficient (Wildman–Crippen LogP) is 3.83. The fourth-order valence-corrected chi connectivity index (χ4v) is 1.72. The van der Waals surface area contributed by atoms with E-state index < -0.39 is 11.7 Å². The van der Waals surface area contributed by atoms with Crippen LogP contribution in [-0.2, 0) is 6.18 Å². The summed E-state index contributed by atoms with van der Waals surface area (Å²) < 4.78 is 37.8. The number of hydrogen-bond donors (Lipinski definition) is 1. The quantitative estimate of drug-likeness (QED) is 0.794. The van der Waals surface area contributed by atoms with Crippen molar-refractivity contribution < 1.29 is 13.2 Å². The molecule has 5 heteroatoms. The molecule has 0 fully saturated rings. The Bertz CT molecular complexity index is 654. The molecule has 0 saturated heterocycles. The van der Waals surface area contributed by atoms with Gasteiger partial charge in [0.15, 0.2) is 0 Å². The van der Waals surface area contributed by atoms with Gasteiger partial charge in [0.1, 0.15) is 6.07 Å². The summed E-state index contributed by atoms with van der Waals surface area (Å²) in [5.74, 6) is 0. The maximum atomic E-state index is 12.6.